The zero-order valence-corrected chi connectivity index (χ0v) is 17.7. The Kier molecular flexibility index (Phi) is 4.74. The maximum Gasteiger partial charge on any atom is 0.359 e. The Morgan fingerprint density at radius 2 is 2.06 bits per heavy atom. The van der Waals surface area contributed by atoms with Crippen molar-refractivity contribution in [3.8, 4) is 28.4 Å². The van der Waals surface area contributed by atoms with Crippen molar-refractivity contribution in [3.05, 3.63) is 65.6 Å². The number of aromatic nitrogens is 4. The third-order valence-corrected chi connectivity index (χ3v) is 6.38. The van der Waals surface area contributed by atoms with Crippen LogP contribution in [0.3, 0.4) is 0 Å². The van der Waals surface area contributed by atoms with Crippen LogP contribution in [0, 0.1) is 6.92 Å². The summed E-state index contributed by atoms with van der Waals surface area (Å²) in [6.45, 7) is 3.72. The minimum Gasteiger partial charge on any atom is -0.461 e. The van der Waals surface area contributed by atoms with Gasteiger partial charge in [0.05, 0.1) is 34.5 Å². The molecular formula is C22H18N4O4S. The highest BCUT2D eigenvalue weighted by atomic mass is 32.2. The number of hydrogen-bond donors (Lipinski definition) is 0. The number of aryl methyl sites for hydroxylation is 1. The summed E-state index contributed by atoms with van der Waals surface area (Å²) in [5.74, 6) is 0.603. The van der Waals surface area contributed by atoms with Gasteiger partial charge in [-0.1, -0.05) is 29.4 Å². The first-order valence-corrected chi connectivity index (χ1v) is 11.1. The predicted octanol–water partition coefficient (Wildman–Crippen LogP) is 3.70. The van der Waals surface area contributed by atoms with Crippen molar-refractivity contribution in [1.82, 2.24) is 19.9 Å². The molecule has 3 heterocycles. The molecule has 2 aromatic carbocycles. The van der Waals surface area contributed by atoms with Gasteiger partial charge < -0.3 is 9.26 Å². The lowest BCUT2D eigenvalue weighted by Crippen LogP contribution is -2.12. The van der Waals surface area contributed by atoms with Crippen LogP contribution in [0.5, 0.6) is 0 Å². The first-order valence-electron chi connectivity index (χ1n) is 9.74. The Morgan fingerprint density at radius 1 is 1.23 bits per heavy atom. The fraction of sp³-hybridized carbons (Fsp3) is 0.182. The highest BCUT2D eigenvalue weighted by molar-refractivity contribution is 7.84. The quantitative estimate of drug-likeness (QED) is 0.452. The van der Waals surface area contributed by atoms with E-state index in [1.165, 1.54) is 0 Å². The van der Waals surface area contributed by atoms with E-state index in [1.807, 2.05) is 48.5 Å². The van der Waals surface area contributed by atoms with E-state index in [2.05, 4.69) is 15.2 Å². The maximum absolute atomic E-state index is 12.9. The second kappa shape index (κ2) is 7.59. The molecule has 1 aliphatic heterocycles. The van der Waals surface area contributed by atoms with Gasteiger partial charge in [-0.15, -0.1) is 0 Å². The first kappa shape index (κ1) is 19.4. The molecule has 0 fully saturated rings. The molecule has 0 radical (unpaired) electrons. The molecule has 0 amide bonds. The predicted molar refractivity (Wildman–Crippen MR) is 113 cm³/mol. The summed E-state index contributed by atoms with van der Waals surface area (Å²) in [4.78, 5) is 17.6. The molecular weight excluding hydrogens is 416 g/mol. The SMILES string of the molecule is CCOC(=O)c1nn(-c2cccc(-c3nc(C)no3)c2)c2c1CS(=O)c1ccccc1-2. The number of rotatable bonds is 4. The van der Waals surface area contributed by atoms with Gasteiger partial charge in [-0.25, -0.2) is 9.48 Å². The molecule has 0 bridgehead atoms. The van der Waals surface area contributed by atoms with Crippen LogP contribution in [0.4, 0.5) is 0 Å². The van der Waals surface area contributed by atoms with Crippen molar-refractivity contribution < 1.29 is 18.3 Å². The first-order chi connectivity index (χ1) is 15.1. The zero-order valence-electron chi connectivity index (χ0n) is 16.9. The average Bonchev–Trinajstić information content (AvgIpc) is 3.38. The molecule has 0 saturated heterocycles. The zero-order chi connectivity index (χ0) is 21.5. The largest absolute Gasteiger partial charge is 0.461 e. The molecule has 8 nitrogen and oxygen atoms in total. The molecule has 1 atom stereocenters. The van der Waals surface area contributed by atoms with Gasteiger partial charge >= 0.3 is 5.97 Å². The Labute approximate surface area is 180 Å². The second-order valence-electron chi connectivity index (χ2n) is 6.99. The molecule has 2 aromatic heterocycles. The van der Waals surface area contributed by atoms with Crippen LogP contribution in [-0.2, 0) is 21.3 Å². The van der Waals surface area contributed by atoms with Crippen LogP contribution < -0.4 is 0 Å². The molecule has 5 rings (SSSR count). The number of carbonyl (C=O) groups is 1. The minimum absolute atomic E-state index is 0.179. The lowest BCUT2D eigenvalue weighted by molar-refractivity contribution is 0.0518. The van der Waals surface area contributed by atoms with E-state index in [9.17, 15) is 9.00 Å². The van der Waals surface area contributed by atoms with Crippen LogP contribution in [0.2, 0.25) is 0 Å². The summed E-state index contributed by atoms with van der Waals surface area (Å²) >= 11 is 0. The summed E-state index contributed by atoms with van der Waals surface area (Å²) < 4.78 is 25.1. The van der Waals surface area contributed by atoms with Gasteiger partial charge in [0.1, 0.15) is 0 Å². The lowest BCUT2D eigenvalue weighted by Gasteiger charge is -2.18. The van der Waals surface area contributed by atoms with E-state index in [0.29, 0.717) is 23.0 Å². The van der Waals surface area contributed by atoms with E-state index in [4.69, 9.17) is 9.26 Å². The van der Waals surface area contributed by atoms with Gasteiger partial charge in [0.15, 0.2) is 11.5 Å². The molecule has 156 valence electrons. The van der Waals surface area contributed by atoms with Crippen molar-refractivity contribution in [2.45, 2.75) is 24.5 Å². The number of esters is 1. The van der Waals surface area contributed by atoms with Crippen molar-refractivity contribution in [2.75, 3.05) is 6.61 Å². The van der Waals surface area contributed by atoms with Gasteiger partial charge in [0, 0.05) is 21.6 Å². The number of hydrogen-bond acceptors (Lipinski definition) is 7. The summed E-state index contributed by atoms with van der Waals surface area (Å²) in [5, 5.41) is 8.44. The van der Waals surface area contributed by atoms with E-state index in [-0.39, 0.29) is 18.1 Å². The van der Waals surface area contributed by atoms with Gasteiger partial charge in [-0.2, -0.15) is 10.1 Å². The molecule has 0 aliphatic carbocycles. The van der Waals surface area contributed by atoms with Crippen LogP contribution in [-0.4, -0.2) is 36.7 Å². The lowest BCUT2D eigenvalue weighted by atomic mass is 10.1. The van der Waals surface area contributed by atoms with Crippen LogP contribution in [0.25, 0.3) is 28.4 Å². The van der Waals surface area contributed by atoms with E-state index in [1.54, 1.807) is 18.5 Å². The summed E-state index contributed by atoms with van der Waals surface area (Å²) in [7, 11) is -1.28. The molecule has 4 aromatic rings. The summed E-state index contributed by atoms with van der Waals surface area (Å²) in [6, 6.07) is 14.9. The monoisotopic (exact) mass is 434 g/mol. The fourth-order valence-corrected chi connectivity index (χ4v) is 5.00. The van der Waals surface area contributed by atoms with Crippen molar-refractivity contribution in [2.24, 2.45) is 0 Å². The van der Waals surface area contributed by atoms with Gasteiger partial charge in [-0.3, -0.25) is 4.21 Å². The average molecular weight is 434 g/mol. The Bertz CT molecular complexity index is 1340. The van der Waals surface area contributed by atoms with Gasteiger partial charge in [-0.05, 0) is 38.1 Å². The fourth-order valence-electron chi connectivity index (χ4n) is 3.67. The molecule has 0 N–H and O–H groups in total. The molecule has 0 saturated carbocycles. The Morgan fingerprint density at radius 3 is 2.84 bits per heavy atom. The van der Waals surface area contributed by atoms with Crippen LogP contribution >= 0.6 is 0 Å². The maximum atomic E-state index is 12.9. The van der Waals surface area contributed by atoms with E-state index < -0.39 is 16.8 Å². The van der Waals surface area contributed by atoms with Crippen molar-refractivity contribution in [1.29, 1.82) is 0 Å². The number of nitrogens with zero attached hydrogens (tertiary/aromatic N) is 4. The molecule has 31 heavy (non-hydrogen) atoms. The van der Waals surface area contributed by atoms with Crippen LogP contribution in [0.1, 0.15) is 28.8 Å². The Hall–Kier alpha value is -3.59. The number of carbonyl (C=O) groups excluding carboxylic acids is 1. The summed E-state index contributed by atoms with van der Waals surface area (Å²) in [6.07, 6.45) is 0. The molecule has 1 unspecified atom stereocenters. The van der Waals surface area contributed by atoms with Crippen molar-refractivity contribution >= 4 is 16.8 Å². The number of ether oxygens (including phenoxy) is 1. The van der Waals surface area contributed by atoms with Gasteiger partial charge in [0.25, 0.3) is 5.89 Å². The second-order valence-corrected chi connectivity index (χ2v) is 8.41. The van der Waals surface area contributed by atoms with Crippen LogP contribution in [0.15, 0.2) is 57.9 Å². The van der Waals surface area contributed by atoms with Gasteiger partial charge in [0.2, 0.25) is 0 Å². The third kappa shape index (κ3) is 3.27. The number of fused-ring (bicyclic) bond motifs is 3. The highest BCUT2D eigenvalue weighted by Crippen LogP contribution is 2.39. The van der Waals surface area contributed by atoms with E-state index in [0.717, 1.165) is 21.7 Å². The minimum atomic E-state index is -1.28. The number of benzene rings is 2. The van der Waals surface area contributed by atoms with E-state index >= 15 is 0 Å². The third-order valence-electron chi connectivity index (χ3n) is 4.98. The highest BCUT2D eigenvalue weighted by Gasteiger charge is 2.32. The normalized spacial score (nSPS) is 14.7. The topological polar surface area (TPSA) is 100 Å². The molecule has 1 aliphatic rings. The van der Waals surface area contributed by atoms with Crippen molar-refractivity contribution in [3.63, 3.8) is 0 Å². The Balaban J connectivity index is 1.73. The standard InChI is InChI=1S/C22H18N4O4S/c1-3-29-22(27)19-17-12-31(28)18-10-5-4-9-16(18)20(17)26(24-19)15-8-6-7-14(11-15)21-23-13(2)25-30-21/h4-11H,3,12H2,1-2H3. The summed E-state index contributed by atoms with van der Waals surface area (Å²) in [5.41, 5.74) is 3.75. The molecule has 9 heteroatoms. The smallest absolute Gasteiger partial charge is 0.359 e. The molecule has 0 spiro atoms.